The number of amides is 1. The molecule has 0 fully saturated rings. The molecule has 15 heavy (non-hydrogen) atoms. The standard InChI is InChI=1S/C10H11NO4/c1-11(2)9(13)7-5-6(10(14)15)3-4-8(7)12/h3-5,12H,1-2H3,(H,14,15). The zero-order chi connectivity index (χ0) is 11.6. The summed E-state index contributed by atoms with van der Waals surface area (Å²) in [6, 6.07) is 3.59. The van der Waals surface area contributed by atoms with E-state index in [4.69, 9.17) is 5.11 Å². The van der Waals surface area contributed by atoms with Crippen LogP contribution in [0.4, 0.5) is 0 Å². The minimum Gasteiger partial charge on any atom is -0.507 e. The molecule has 0 aliphatic carbocycles. The molecule has 0 atom stereocenters. The van der Waals surface area contributed by atoms with E-state index in [1.807, 2.05) is 0 Å². The summed E-state index contributed by atoms with van der Waals surface area (Å²) in [7, 11) is 3.05. The van der Waals surface area contributed by atoms with Crippen molar-refractivity contribution >= 4 is 11.9 Å². The number of phenolic OH excluding ortho intramolecular Hbond substituents is 1. The maximum atomic E-state index is 11.5. The molecule has 2 N–H and O–H groups in total. The Balaban J connectivity index is 3.22. The number of carboxylic acid groups (broad SMARTS) is 1. The highest BCUT2D eigenvalue weighted by Crippen LogP contribution is 2.19. The first-order valence-electron chi connectivity index (χ1n) is 4.21. The molecule has 0 saturated heterocycles. The Morgan fingerprint density at radius 2 is 1.87 bits per heavy atom. The predicted octanol–water partition coefficient (Wildman–Crippen LogP) is 0.792. The van der Waals surface area contributed by atoms with Crippen molar-refractivity contribution in [3.63, 3.8) is 0 Å². The Bertz CT molecular complexity index is 412. The van der Waals surface area contributed by atoms with Crippen LogP contribution in [0.25, 0.3) is 0 Å². The summed E-state index contributed by atoms with van der Waals surface area (Å²) in [5, 5.41) is 18.1. The molecule has 0 aliphatic rings. The van der Waals surface area contributed by atoms with Crippen LogP contribution in [0.5, 0.6) is 5.75 Å². The van der Waals surface area contributed by atoms with E-state index in [9.17, 15) is 14.7 Å². The van der Waals surface area contributed by atoms with Gasteiger partial charge in [-0.2, -0.15) is 0 Å². The number of rotatable bonds is 2. The van der Waals surface area contributed by atoms with Crippen molar-refractivity contribution in [2.24, 2.45) is 0 Å². The average Bonchev–Trinajstić information content (AvgIpc) is 2.16. The summed E-state index contributed by atoms with van der Waals surface area (Å²) in [6.45, 7) is 0. The van der Waals surface area contributed by atoms with Gasteiger partial charge in [0.15, 0.2) is 0 Å². The van der Waals surface area contributed by atoms with Crippen molar-refractivity contribution in [2.75, 3.05) is 14.1 Å². The van der Waals surface area contributed by atoms with Gasteiger partial charge in [-0.05, 0) is 18.2 Å². The molecule has 0 bridgehead atoms. The monoisotopic (exact) mass is 209 g/mol. The third kappa shape index (κ3) is 2.25. The normalized spacial score (nSPS) is 9.73. The lowest BCUT2D eigenvalue weighted by Crippen LogP contribution is -2.22. The van der Waals surface area contributed by atoms with Crippen LogP contribution in [-0.2, 0) is 0 Å². The van der Waals surface area contributed by atoms with E-state index in [1.165, 1.54) is 31.1 Å². The van der Waals surface area contributed by atoms with Crippen LogP contribution >= 0.6 is 0 Å². The third-order valence-corrected chi connectivity index (χ3v) is 1.88. The van der Waals surface area contributed by atoms with E-state index < -0.39 is 11.9 Å². The van der Waals surface area contributed by atoms with Crippen LogP contribution < -0.4 is 0 Å². The van der Waals surface area contributed by atoms with Gasteiger partial charge in [0.25, 0.3) is 5.91 Å². The van der Waals surface area contributed by atoms with E-state index in [2.05, 4.69) is 0 Å². The Morgan fingerprint density at radius 3 is 2.33 bits per heavy atom. The highest BCUT2D eigenvalue weighted by Gasteiger charge is 2.15. The van der Waals surface area contributed by atoms with Gasteiger partial charge in [0.05, 0.1) is 11.1 Å². The smallest absolute Gasteiger partial charge is 0.335 e. The number of aromatic hydroxyl groups is 1. The molecule has 5 nitrogen and oxygen atoms in total. The lowest BCUT2D eigenvalue weighted by molar-refractivity contribution is 0.0697. The first kappa shape index (κ1) is 11.0. The number of phenols is 1. The number of carbonyl (C=O) groups excluding carboxylic acids is 1. The van der Waals surface area contributed by atoms with Crippen LogP contribution in [0, 0.1) is 0 Å². The Morgan fingerprint density at radius 1 is 1.27 bits per heavy atom. The molecule has 0 unspecified atom stereocenters. The van der Waals surface area contributed by atoms with Gasteiger partial charge in [0, 0.05) is 14.1 Å². The highest BCUT2D eigenvalue weighted by molar-refractivity contribution is 5.99. The van der Waals surface area contributed by atoms with Crippen LogP contribution in [0.15, 0.2) is 18.2 Å². The lowest BCUT2D eigenvalue weighted by atomic mass is 10.1. The summed E-state index contributed by atoms with van der Waals surface area (Å²) < 4.78 is 0. The fourth-order valence-corrected chi connectivity index (χ4v) is 1.08. The van der Waals surface area contributed by atoms with Crippen LogP contribution in [0.2, 0.25) is 0 Å². The zero-order valence-electron chi connectivity index (χ0n) is 8.39. The van der Waals surface area contributed by atoms with Gasteiger partial charge in [0.2, 0.25) is 0 Å². The maximum Gasteiger partial charge on any atom is 0.335 e. The topological polar surface area (TPSA) is 77.8 Å². The summed E-state index contributed by atoms with van der Waals surface area (Å²) in [6.07, 6.45) is 0. The molecule has 0 aromatic heterocycles. The van der Waals surface area contributed by atoms with Crippen molar-refractivity contribution in [2.45, 2.75) is 0 Å². The van der Waals surface area contributed by atoms with Crippen molar-refractivity contribution in [3.8, 4) is 5.75 Å². The van der Waals surface area contributed by atoms with Gasteiger partial charge in [-0.1, -0.05) is 0 Å². The minimum atomic E-state index is -1.14. The summed E-state index contributed by atoms with van der Waals surface area (Å²) >= 11 is 0. The second-order valence-corrected chi connectivity index (χ2v) is 3.24. The first-order chi connectivity index (χ1) is 6.93. The predicted molar refractivity (Wildman–Crippen MR) is 53.1 cm³/mol. The van der Waals surface area contributed by atoms with Gasteiger partial charge in [-0.15, -0.1) is 0 Å². The molecule has 0 saturated carbocycles. The molecule has 0 spiro atoms. The number of hydrogen-bond acceptors (Lipinski definition) is 3. The molecule has 1 rings (SSSR count). The van der Waals surface area contributed by atoms with Crippen molar-refractivity contribution in [1.29, 1.82) is 0 Å². The molecule has 1 aromatic carbocycles. The Kier molecular flexibility index (Phi) is 2.94. The van der Waals surface area contributed by atoms with Crippen molar-refractivity contribution in [1.82, 2.24) is 4.90 Å². The quantitative estimate of drug-likeness (QED) is 0.754. The molecule has 80 valence electrons. The largest absolute Gasteiger partial charge is 0.507 e. The van der Waals surface area contributed by atoms with E-state index >= 15 is 0 Å². The van der Waals surface area contributed by atoms with E-state index in [-0.39, 0.29) is 16.9 Å². The van der Waals surface area contributed by atoms with Crippen LogP contribution in [-0.4, -0.2) is 41.1 Å². The molecule has 0 aliphatic heterocycles. The Labute approximate surface area is 86.6 Å². The van der Waals surface area contributed by atoms with Crippen LogP contribution in [0.1, 0.15) is 20.7 Å². The minimum absolute atomic E-state index is 0.0140. The molecule has 1 amide bonds. The summed E-state index contributed by atoms with van der Waals surface area (Å²) in [4.78, 5) is 23.4. The maximum absolute atomic E-state index is 11.5. The summed E-state index contributed by atoms with van der Waals surface area (Å²) in [5.74, 6) is -1.79. The number of hydrogen-bond donors (Lipinski definition) is 2. The highest BCUT2D eigenvalue weighted by atomic mass is 16.4. The zero-order valence-corrected chi connectivity index (χ0v) is 8.39. The van der Waals surface area contributed by atoms with Crippen LogP contribution in [0.3, 0.4) is 0 Å². The van der Waals surface area contributed by atoms with Gasteiger partial charge >= 0.3 is 5.97 Å². The van der Waals surface area contributed by atoms with Gasteiger partial charge < -0.3 is 15.1 Å². The van der Waals surface area contributed by atoms with E-state index in [0.717, 1.165) is 6.07 Å². The van der Waals surface area contributed by atoms with Gasteiger partial charge in [0.1, 0.15) is 5.75 Å². The average molecular weight is 209 g/mol. The number of aromatic carboxylic acids is 1. The molecule has 0 radical (unpaired) electrons. The van der Waals surface area contributed by atoms with Gasteiger partial charge in [-0.3, -0.25) is 4.79 Å². The fourth-order valence-electron chi connectivity index (χ4n) is 1.08. The molecular formula is C10H11NO4. The third-order valence-electron chi connectivity index (χ3n) is 1.88. The molecular weight excluding hydrogens is 198 g/mol. The second kappa shape index (κ2) is 4.00. The lowest BCUT2D eigenvalue weighted by Gasteiger charge is -2.11. The fraction of sp³-hybridized carbons (Fsp3) is 0.200. The molecule has 1 aromatic rings. The molecule has 0 heterocycles. The number of nitrogens with zero attached hydrogens (tertiary/aromatic N) is 1. The van der Waals surface area contributed by atoms with E-state index in [0.29, 0.717) is 0 Å². The van der Waals surface area contributed by atoms with Crippen molar-refractivity contribution < 1.29 is 19.8 Å². The number of carbonyl (C=O) groups is 2. The Hall–Kier alpha value is -2.04. The SMILES string of the molecule is CN(C)C(=O)c1cc(C(=O)O)ccc1O. The van der Waals surface area contributed by atoms with Crippen molar-refractivity contribution in [3.05, 3.63) is 29.3 Å². The first-order valence-corrected chi connectivity index (χ1v) is 4.21. The van der Waals surface area contributed by atoms with Gasteiger partial charge in [-0.25, -0.2) is 4.79 Å². The second-order valence-electron chi connectivity index (χ2n) is 3.24. The summed E-state index contributed by atoms with van der Waals surface area (Å²) in [5.41, 5.74) is -0.0436. The molecule has 5 heteroatoms. The number of carboxylic acids is 1. The van der Waals surface area contributed by atoms with E-state index in [1.54, 1.807) is 0 Å². The number of benzene rings is 1.